The van der Waals surface area contributed by atoms with E-state index in [0.717, 1.165) is 29.1 Å². The number of nitrogens with one attached hydrogen (secondary N) is 1. The Morgan fingerprint density at radius 2 is 1.90 bits per heavy atom. The minimum atomic E-state index is -0.794. The summed E-state index contributed by atoms with van der Waals surface area (Å²) in [6.07, 6.45) is 2.18. The predicted octanol–water partition coefficient (Wildman–Crippen LogP) is 3.37. The van der Waals surface area contributed by atoms with E-state index in [4.69, 9.17) is 4.74 Å². The number of esters is 1. The zero-order valence-electron chi connectivity index (χ0n) is 18.0. The first-order valence-electron chi connectivity index (χ1n) is 10.0. The van der Waals surface area contributed by atoms with Gasteiger partial charge in [-0.15, -0.1) is 11.3 Å². The molecular formula is C21H30N4O3S. The summed E-state index contributed by atoms with van der Waals surface area (Å²) in [5, 5.41) is 3.96. The van der Waals surface area contributed by atoms with Gasteiger partial charge in [-0.2, -0.15) is 0 Å². The fraction of sp³-hybridized carbons (Fsp3) is 0.619. The highest BCUT2D eigenvalue weighted by Gasteiger charge is 2.31. The van der Waals surface area contributed by atoms with Crippen molar-refractivity contribution in [1.82, 2.24) is 15.3 Å². The Balaban J connectivity index is 1.61. The number of thiophene rings is 1. The first-order chi connectivity index (χ1) is 13.6. The maximum absolute atomic E-state index is 12.5. The number of fused-ring (bicyclic) bond motifs is 1. The number of hydrogen-bond acceptors (Lipinski definition) is 7. The Hall–Kier alpha value is -2.22. The summed E-state index contributed by atoms with van der Waals surface area (Å²) in [5.74, 6) is 0.187. The van der Waals surface area contributed by atoms with Crippen LogP contribution in [-0.4, -0.2) is 46.6 Å². The fourth-order valence-electron chi connectivity index (χ4n) is 3.53. The zero-order chi connectivity index (χ0) is 21.3. The fourth-order valence-corrected chi connectivity index (χ4v) is 4.52. The van der Waals surface area contributed by atoms with Crippen molar-refractivity contribution in [2.45, 2.75) is 66.0 Å². The zero-order valence-corrected chi connectivity index (χ0v) is 18.9. The molecule has 1 atom stereocenters. The van der Waals surface area contributed by atoms with E-state index in [1.54, 1.807) is 24.6 Å². The molecule has 0 radical (unpaired) electrons. The summed E-state index contributed by atoms with van der Waals surface area (Å²) >= 11 is 1.69. The largest absolute Gasteiger partial charge is 0.452 e. The van der Waals surface area contributed by atoms with Crippen molar-refractivity contribution in [3.63, 3.8) is 0 Å². The van der Waals surface area contributed by atoms with Crippen molar-refractivity contribution in [2.24, 2.45) is 5.92 Å². The number of hydrogen-bond donors (Lipinski definition) is 1. The van der Waals surface area contributed by atoms with Gasteiger partial charge in [-0.25, -0.2) is 9.97 Å². The molecule has 1 aliphatic heterocycles. The Bertz CT molecular complexity index is 911. The highest BCUT2D eigenvalue weighted by molar-refractivity contribution is 7.18. The van der Waals surface area contributed by atoms with E-state index in [9.17, 15) is 9.59 Å². The number of carbonyl (C=O) groups excluding carboxylic acids is 2. The summed E-state index contributed by atoms with van der Waals surface area (Å²) < 4.78 is 5.44. The quantitative estimate of drug-likeness (QED) is 0.767. The van der Waals surface area contributed by atoms with E-state index in [-0.39, 0.29) is 23.3 Å². The SMILES string of the molecule is Cc1sc2ncnc(N3CCC(C(=O)O[C@@H](C)C(=O)NC(C)(C)C)CC3)c2c1C. The molecule has 8 heteroatoms. The first kappa shape index (κ1) is 21.5. The van der Waals surface area contributed by atoms with Crippen LogP contribution in [-0.2, 0) is 14.3 Å². The van der Waals surface area contributed by atoms with Crippen LogP contribution >= 0.6 is 11.3 Å². The van der Waals surface area contributed by atoms with E-state index < -0.39 is 6.10 Å². The number of nitrogens with zero attached hydrogens (tertiary/aromatic N) is 3. The predicted molar refractivity (Wildman–Crippen MR) is 115 cm³/mol. The van der Waals surface area contributed by atoms with Crippen molar-refractivity contribution in [1.29, 1.82) is 0 Å². The Morgan fingerprint density at radius 1 is 1.24 bits per heavy atom. The molecule has 2 aromatic rings. The first-order valence-corrected chi connectivity index (χ1v) is 10.9. The van der Waals surface area contributed by atoms with Gasteiger partial charge in [0.25, 0.3) is 5.91 Å². The molecule has 29 heavy (non-hydrogen) atoms. The second kappa shape index (κ2) is 8.26. The van der Waals surface area contributed by atoms with Crippen LogP contribution in [0.2, 0.25) is 0 Å². The van der Waals surface area contributed by atoms with Gasteiger partial charge in [0.15, 0.2) is 6.10 Å². The number of carbonyl (C=O) groups is 2. The molecule has 0 spiro atoms. The molecule has 0 aromatic carbocycles. The second-order valence-electron chi connectivity index (χ2n) is 8.74. The smallest absolute Gasteiger partial charge is 0.309 e. The average molecular weight is 419 g/mol. The number of amides is 1. The normalized spacial score (nSPS) is 16.7. The molecule has 1 aliphatic rings. The van der Waals surface area contributed by atoms with E-state index in [0.29, 0.717) is 12.8 Å². The molecule has 0 unspecified atom stereocenters. The Morgan fingerprint density at radius 3 is 2.52 bits per heavy atom. The van der Waals surface area contributed by atoms with Gasteiger partial charge in [-0.3, -0.25) is 9.59 Å². The van der Waals surface area contributed by atoms with Crippen molar-refractivity contribution in [2.75, 3.05) is 18.0 Å². The van der Waals surface area contributed by atoms with Crippen molar-refractivity contribution >= 4 is 39.2 Å². The van der Waals surface area contributed by atoms with E-state index in [1.165, 1.54) is 10.4 Å². The van der Waals surface area contributed by atoms with Crippen LogP contribution in [0.4, 0.5) is 5.82 Å². The van der Waals surface area contributed by atoms with Gasteiger partial charge in [-0.1, -0.05) is 0 Å². The number of rotatable bonds is 4. The van der Waals surface area contributed by atoms with Crippen molar-refractivity contribution in [3.8, 4) is 0 Å². The van der Waals surface area contributed by atoms with Crippen LogP contribution in [0, 0.1) is 19.8 Å². The third kappa shape index (κ3) is 4.86. The average Bonchev–Trinajstić information content (AvgIpc) is 2.94. The molecule has 158 valence electrons. The maximum atomic E-state index is 12.5. The molecular weight excluding hydrogens is 388 g/mol. The summed E-state index contributed by atoms with van der Waals surface area (Å²) in [6.45, 7) is 13.0. The molecule has 1 amide bonds. The van der Waals surface area contributed by atoms with E-state index in [1.807, 2.05) is 20.8 Å². The van der Waals surface area contributed by atoms with E-state index in [2.05, 4.69) is 34.0 Å². The highest BCUT2D eigenvalue weighted by Crippen LogP contribution is 2.35. The lowest BCUT2D eigenvalue weighted by molar-refractivity contribution is -0.159. The molecule has 7 nitrogen and oxygen atoms in total. The van der Waals surface area contributed by atoms with Gasteiger partial charge in [-0.05, 0) is 59.9 Å². The highest BCUT2D eigenvalue weighted by atomic mass is 32.1. The lowest BCUT2D eigenvalue weighted by Gasteiger charge is -2.32. The summed E-state index contributed by atoms with van der Waals surface area (Å²) in [4.78, 5) is 38.1. The lowest BCUT2D eigenvalue weighted by atomic mass is 9.96. The third-order valence-corrected chi connectivity index (χ3v) is 6.35. The minimum absolute atomic E-state index is 0.196. The van der Waals surface area contributed by atoms with Gasteiger partial charge in [0.2, 0.25) is 0 Å². The standard InChI is InChI=1S/C21H30N4O3S/c1-12-14(3)29-19-16(12)17(22-11-23-19)25-9-7-15(8-10-25)20(27)28-13(2)18(26)24-21(4,5)6/h11,13,15H,7-10H2,1-6H3,(H,24,26)/t13-/m0/s1. The Labute approximate surface area is 175 Å². The van der Waals surface area contributed by atoms with Gasteiger partial charge >= 0.3 is 5.97 Å². The van der Waals surface area contributed by atoms with Crippen LogP contribution < -0.4 is 10.2 Å². The summed E-state index contributed by atoms with van der Waals surface area (Å²) in [5.41, 5.74) is 0.866. The van der Waals surface area contributed by atoms with Crippen molar-refractivity contribution in [3.05, 3.63) is 16.8 Å². The minimum Gasteiger partial charge on any atom is -0.452 e. The molecule has 0 aliphatic carbocycles. The summed E-state index contributed by atoms with van der Waals surface area (Å²) in [6, 6.07) is 0. The maximum Gasteiger partial charge on any atom is 0.309 e. The van der Waals surface area contributed by atoms with Crippen molar-refractivity contribution < 1.29 is 14.3 Å². The monoisotopic (exact) mass is 418 g/mol. The lowest BCUT2D eigenvalue weighted by Crippen LogP contribution is -2.47. The molecule has 1 saturated heterocycles. The molecule has 3 heterocycles. The van der Waals surface area contributed by atoms with Gasteiger partial charge in [0, 0.05) is 23.5 Å². The third-order valence-electron chi connectivity index (χ3n) is 5.23. The number of aromatic nitrogens is 2. The number of ether oxygens (including phenoxy) is 1. The van der Waals surface area contributed by atoms with Crippen LogP contribution in [0.25, 0.3) is 10.2 Å². The van der Waals surface area contributed by atoms with Gasteiger partial charge in [0.1, 0.15) is 17.0 Å². The van der Waals surface area contributed by atoms with Gasteiger partial charge in [0.05, 0.1) is 11.3 Å². The number of piperidine rings is 1. The van der Waals surface area contributed by atoms with Crippen LogP contribution in [0.1, 0.15) is 51.0 Å². The molecule has 2 aromatic heterocycles. The second-order valence-corrected chi connectivity index (χ2v) is 9.94. The molecule has 0 saturated carbocycles. The number of anilines is 1. The van der Waals surface area contributed by atoms with Crippen LogP contribution in [0.3, 0.4) is 0 Å². The molecule has 0 bridgehead atoms. The van der Waals surface area contributed by atoms with Gasteiger partial charge < -0.3 is 15.0 Å². The molecule has 3 rings (SSSR count). The molecule has 1 N–H and O–H groups in total. The number of aryl methyl sites for hydroxylation is 2. The Kier molecular flexibility index (Phi) is 6.12. The van der Waals surface area contributed by atoms with Crippen LogP contribution in [0.15, 0.2) is 6.33 Å². The van der Waals surface area contributed by atoms with Crippen LogP contribution in [0.5, 0.6) is 0 Å². The topological polar surface area (TPSA) is 84.4 Å². The molecule has 1 fully saturated rings. The van der Waals surface area contributed by atoms with E-state index >= 15 is 0 Å². The summed E-state index contributed by atoms with van der Waals surface area (Å²) in [7, 11) is 0.